The average molecular weight is 312 g/mol. The molecular formula is C16H13FN4O2. The van der Waals surface area contributed by atoms with Crippen LogP contribution < -0.4 is 10.1 Å². The fourth-order valence-corrected chi connectivity index (χ4v) is 1.97. The smallest absolute Gasteiger partial charge is 0.258 e. The molecule has 7 heteroatoms. The number of carbonyl (C=O) groups excluding carboxylic acids is 1. The lowest BCUT2D eigenvalue weighted by Crippen LogP contribution is -2.12. The van der Waals surface area contributed by atoms with E-state index in [-0.39, 0.29) is 5.95 Å². The summed E-state index contributed by atoms with van der Waals surface area (Å²) in [5.74, 6) is 0.580. The Hall–Kier alpha value is -3.22. The van der Waals surface area contributed by atoms with Gasteiger partial charge in [0, 0.05) is 11.1 Å². The lowest BCUT2D eigenvalue weighted by Gasteiger charge is -2.01. The van der Waals surface area contributed by atoms with E-state index in [0.29, 0.717) is 11.4 Å². The van der Waals surface area contributed by atoms with Gasteiger partial charge in [0.2, 0.25) is 5.95 Å². The third kappa shape index (κ3) is 3.34. The van der Waals surface area contributed by atoms with Crippen LogP contribution in [0.2, 0.25) is 0 Å². The zero-order valence-corrected chi connectivity index (χ0v) is 12.2. The van der Waals surface area contributed by atoms with Gasteiger partial charge >= 0.3 is 0 Å². The zero-order chi connectivity index (χ0) is 16.2. The van der Waals surface area contributed by atoms with E-state index in [9.17, 15) is 9.18 Å². The Morgan fingerprint density at radius 3 is 2.48 bits per heavy atom. The van der Waals surface area contributed by atoms with Crippen molar-refractivity contribution in [3.05, 3.63) is 59.9 Å². The fourth-order valence-electron chi connectivity index (χ4n) is 1.97. The van der Waals surface area contributed by atoms with Crippen LogP contribution >= 0.6 is 0 Å². The van der Waals surface area contributed by atoms with Crippen molar-refractivity contribution in [1.82, 2.24) is 15.2 Å². The number of anilines is 1. The summed E-state index contributed by atoms with van der Waals surface area (Å²) in [6.45, 7) is 0. The third-order valence-corrected chi connectivity index (χ3v) is 3.18. The van der Waals surface area contributed by atoms with Crippen molar-refractivity contribution in [1.29, 1.82) is 0 Å². The molecule has 1 amide bonds. The Morgan fingerprint density at radius 1 is 1.13 bits per heavy atom. The van der Waals surface area contributed by atoms with E-state index >= 15 is 0 Å². The number of H-pyrrole nitrogens is 1. The summed E-state index contributed by atoms with van der Waals surface area (Å²) in [5, 5.41) is 9.24. The molecule has 2 aromatic carbocycles. The highest BCUT2D eigenvalue weighted by atomic mass is 19.1. The van der Waals surface area contributed by atoms with Crippen molar-refractivity contribution in [2.45, 2.75) is 0 Å². The standard InChI is InChI=1S/C16H13FN4O2/c1-23-13-8-4-10(5-9-13)14-18-16(21-20-14)19-15(22)11-2-6-12(17)7-3-11/h2-9H,1H3,(H2,18,19,20,21,22). The SMILES string of the molecule is COc1ccc(-c2nc(NC(=O)c3ccc(F)cc3)n[nH]2)cc1. The number of benzene rings is 2. The number of halogens is 1. The van der Waals surface area contributed by atoms with Crippen LogP contribution in [0.25, 0.3) is 11.4 Å². The molecule has 0 fully saturated rings. The van der Waals surface area contributed by atoms with Gasteiger partial charge in [-0.25, -0.2) is 4.39 Å². The number of aromatic nitrogens is 3. The molecule has 0 atom stereocenters. The molecule has 3 rings (SSSR count). The first-order valence-corrected chi connectivity index (χ1v) is 6.79. The summed E-state index contributed by atoms with van der Waals surface area (Å²) in [6.07, 6.45) is 0. The van der Waals surface area contributed by atoms with Gasteiger partial charge in [0.05, 0.1) is 7.11 Å². The lowest BCUT2D eigenvalue weighted by molar-refractivity contribution is 0.102. The Morgan fingerprint density at radius 2 is 1.83 bits per heavy atom. The number of methoxy groups -OCH3 is 1. The van der Waals surface area contributed by atoms with E-state index in [2.05, 4.69) is 20.5 Å². The van der Waals surface area contributed by atoms with Gasteiger partial charge in [-0.3, -0.25) is 15.2 Å². The molecule has 0 saturated heterocycles. The second kappa shape index (κ2) is 6.27. The van der Waals surface area contributed by atoms with Crippen molar-refractivity contribution in [3.63, 3.8) is 0 Å². The number of carbonyl (C=O) groups is 1. The largest absolute Gasteiger partial charge is 0.497 e. The summed E-state index contributed by atoms with van der Waals surface area (Å²) >= 11 is 0. The zero-order valence-electron chi connectivity index (χ0n) is 12.2. The monoisotopic (exact) mass is 312 g/mol. The molecule has 116 valence electrons. The van der Waals surface area contributed by atoms with Crippen LogP contribution in [-0.2, 0) is 0 Å². The minimum absolute atomic E-state index is 0.144. The molecule has 1 heterocycles. The van der Waals surface area contributed by atoms with Gasteiger partial charge in [-0.05, 0) is 48.5 Å². The quantitative estimate of drug-likeness (QED) is 0.776. The van der Waals surface area contributed by atoms with Crippen LogP contribution in [-0.4, -0.2) is 28.2 Å². The normalized spacial score (nSPS) is 10.3. The summed E-state index contributed by atoms with van der Waals surface area (Å²) in [7, 11) is 1.59. The lowest BCUT2D eigenvalue weighted by atomic mass is 10.2. The number of nitrogens with zero attached hydrogens (tertiary/aromatic N) is 2. The summed E-state index contributed by atoms with van der Waals surface area (Å²) < 4.78 is 17.9. The van der Waals surface area contributed by atoms with Crippen molar-refractivity contribution in [3.8, 4) is 17.1 Å². The molecule has 0 radical (unpaired) electrons. The molecule has 6 nitrogen and oxygen atoms in total. The van der Waals surface area contributed by atoms with Gasteiger partial charge in [0.25, 0.3) is 5.91 Å². The van der Waals surface area contributed by atoms with Gasteiger partial charge in [-0.15, -0.1) is 5.10 Å². The summed E-state index contributed by atoms with van der Waals surface area (Å²) in [4.78, 5) is 16.2. The van der Waals surface area contributed by atoms with Crippen LogP contribution in [0.1, 0.15) is 10.4 Å². The van der Waals surface area contributed by atoms with Crippen LogP contribution in [0.3, 0.4) is 0 Å². The van der Waals surface area contributed by atoms with Crippen molar-refractivity contribution in [2.75, 3.05) is 12.4 Å². The summed E-state index contributed by atoms with van der Waals surface area (Å²) in [5.41, 5.74) is 1.13. The Kier molecular flexibility index (Phi) is 4.01. The van der Waals surface area contributed by atoms with Crippen LogP contribution in [0.15, 0.2) is 48.5 Å². The molecule has 23 heavy (non-hydrogen) atoms. The summed E-state index contributed by atoms with van der Waals surface area (Å²) in [6, 6.07) is 12.5. The predicted molar refractivity (Wildman–Crippen MR) is 82.7 cm³/mol. The molecule has 0 aliphatic carbocycles. The maximum atomic E-state index is 12.9. The highest BCUT2D eigenvalue weighted by Gasteiger charge is 2.11. The van der Waals surface area contributed by atoms with Gasteiger partial charge in [0.1, 0.15) is 11.6 Å². The van der Waals surface area contributed by atoms with E-state index in [0.717, 1.165) is 11.3 Å². The number of ether oxygens (including phenoxy) is 1. The molecule has 2 N–H and O–H groups in total. The van der Waals surface area contributed by atoms with Crippen LogP contribution in [0.4, 0.5) is 10.3 Å². The van der Waals surface area contributed by atoms with Crippen LogP contribution in [0.5, 0.6) is 5.75 Å². The molecule has 0 aliphatic rings. The van der Waals surface area contributed by atoms with Gasteiger partial charge in [-0.2, -0.15) is 4.98 Å². The molecule has 0 spiro atoms. The fraction of sp³-hybridized carbons (Fsp3) is 0.0625. The molecular weight excluding hydrogens is 299 g/mol. The topological polar surface area (TPSA) is 79.9 Å². The number of amides is 1. The Bertz CT molecular complexity index is 813. The first-order chi connectivity index (χ1) is 11.2. The van der Waals surface area contributed by atoms with Gasteiger partial charge in [0.15, 0.2) is 5.82 Å². The second-order valence-electron chi connectivity index (χ2n) is 4.70. The number of rotatable bonds is 4. The molecule has 3 aromatic rings. The Labute approximate surface area is 131 Å². The highest BCUT2D eigenvalue weighted by Crippen LogP contribution is 2.19. The third-order valence-electron chi connectivity index (χ3n) is 3.18. The Balaban J connectivity index is 1.73. The maximum Gasteiger partial charge on any atom is 0.258 e. The first-order valence-electron chi connectivity index (χ1n) is 6.79. The van der Waals surface area contributed by atoms with Crippen LogP contribution in [0, 0.1) is 5.82 Å². The number of hydrogen-bond acceptors (Lipinski definition) is 4. The van der Waals surface area contributed by atoms with Crippen molar-refractivity contribution >= 4 is 11.9 Å². The second-order valence-corrected chi connectivity index (χ2v) is 4.70. The number of hydrogen-bond donors (Lipinski definition) is 2. The predicted octanol–water partition coefficient (Wildman–Crippen LogP) is 2.87. The van der Waals surface area contributed by atoms with E-state index in [1.165, 1.54) is 24.3 Å². The molecule has 1 aromatic heterocycles. The minimum Gasteiger partial charge on any atom is -0.497 e. The first kappa shape index (κ1) is 14.7. The van der Waals surface area contributed by atoms with E-state index < -0.39 is 11.7 Å². The number of aromatic amines is 1. The molecule has 0 bridgehead atoms. The molecule has 0 unspecified atom stereocenters. The van der Waals surface area contributed by atoms with Gasteiger partial charge in [-0.1, -0.05) is 0 Å². The molecule has 0 saturated carbocycles. The number of nitrogens with one attached hydrogen (secondary N) is 2. The highest BCUT2D eigenvalue weighted by molar-refractivity contribution is 6.03. The van der Waals surface area contributed by atoms with E-state index in [1.807, 2.05) is 12.1 Å². The van der Waals surface area contributed by atoms with Crippen molar-refractivity contribution < 1.29 is 13.9 Å². The van der Waals surface area contributed by atoms with E-state index in [1.54, 1.807) is 19.2 Å². The maximum absolute atomic E-state index is 12.9. The van der Waals surface area contributed by atoms with Gasteiger partial charge < -0.3 is 4.74 Å². The average Bonchev–Trinajstić information content (AvgIpc) is 3.04. The minimum atomic E-state index is -0.412. The van der Waals surface area contributed by atoms with Crippen molar-refractivity contribution in [2.24, 2.45) is 0 Å². The van der Waals surface area contributed by atoms with E-state index in [4.69, 9.17) is 4.74 Å². The molecule has 0 aliphatic heterocycles.